The van der Waals surface area contributed by atoms with Crippen molar-refractivity contribution in [2.24, 2.45) is 0 Å². The number of nitrogens with one attached hydrogen (secondary N) is 1. The van der Waals surface area contributed by atoms with Gasteiger partial charge in [0.2, 0.25) is 5.91 Å². The molecule has 27 heavy (non-hydrogen) atoms. The van der Waals surface area contributed by atoms with Crippen molar-refractivity contribution in [3.05, 3.63) is 53.0 Å². The molecule has 1 aromatic heterocycles. The Hall–Kier alpha value is -2.80. The number of carbonyl (C=O) groups is 2. The first kappa shape index (κ1) is 19.0. The number of esters is 1. The van der Waals surface area contributed by atoms with Crippen LogP contribution in [0.3, 0.4) is 0 Å². The van der Waals surface area contributed by atoms with E-state index < -0.39 is 5.97 Å². The number of ether oxygens (including phenoxy) is 2. The summed E-state index contributed by atoms with van der Waals surface area (Å²) < 4.78 is 15.9. The molecule has 7 nitrogen and oxygen atoms in total. The Kier molecular flexibility index (Phi) is 5.81. The highest BCUT2D eigenvalue weighted by Crippen LogP contribution is 2.31. The number of methoxy groups -OCH3 is 1. The van der Waals surface area contributed by atoms with E-state index in [1.165, 1.54) is 7.11 Å². The average molecular weight is 372 g/mol. The number of aryl methyl sites for hydroxylation is 1. The van der Waals surface area contributed by atoms with Crippen molar-refractivity contribution >= 4 is 11.9 Å². The second-order valence-electron chi connectivity index (χ2n) is 6.64. The van der Waals surface area contributed by atoms with Gasteiger partial charge in [-0.1, -0.05) is 18.2 Å². The number of benzene rings is 1. The van der Waals surface area contributed by atoms with Crippen LogP contribution in [0.5, 0.6) is 5.75 Å². The van der Waals surface area contributed by atoms with Crippen molar-refractivity contribution in [1.82, 2.24) is 10.2 Å². The highest BCUT2D eigenvalue weighted by Gasteiger charge is 2.23. The maximum absolute atomic E-state index is 12.5. The lowest BCUT2D eigenvalue weighted by Gasteiger charge is -2.27. The second-order valence-corrected chi connectivity index (χ2v) is 6.64. The smallest absolute Gasteiger partial charge is 0.341 e. The van der Waals surface area contributed by atoms with E-state index in [4.69, 9.17) is 13.9 Å². The number of furan rings is 1. The first-order valence-corrected chi connectivity index (χ1v) is 8.85. The molecule has 0 saturated heterocycles. The van der Waals surface area contributed by atoms with E-state index in [2.05, 4.69) is 5.32 Å². The molecule has 1 aliphatic heterocycles. The fourth-order valence-electron chi connectivity index (χ4n) is 3.23. The lowest BCUT2D eigenvalue weighted by atomic mass is 10.0. The molecule has 0 bridgehead atoms. The van der Waals surface area contributed by atoms with Gasteiger partial charge in [-0.2, -0.15) is 0 Å². The predicted molar refractivity (Wildman–Crippen MR) is 98.6 cm³/mol. The van der Waals surface area contributed by atoms with Gasteiger partial charge in [-0.25, -0.2) is 4.79 Å². The van der Waals surface area contributed by atoms with Crippen LogP contribution in [0.25, 0.3) is 0 Å². The van der Waals surface area contributed by atoms with Crippen molar-refractivity contribution in [2.45, 2.75) is 25.9 Å². The van der Waals surface area contributed by atoms with E-state index >= 15 is 0 Å². The maximum atomic E-state index is 12.5. The van der Waals surface area contributed by atoms with E-state index in [0.29, 0.717) is 30.2 Å². The zero-order valence-corrected chi connectivity index (χ0v) is 15.8. The third-order valence-electron chi connectivity index (χ3n) is 4.51. The van der Waals surface area contributed by atoms with Crippen molar-refractivity contribution in [3.63, 3.8) is 0 Å². The number of nitrogens with zero attached hydrogens (tertiary/aromatic N) is 1. The van der Waals surface area contributed by atoms with Gasteiger partial charge in [0.25, 0.3) is 0 Å². The standard InChI is InChI=1S/C20H24N2O5/c1-13-16(20(24)25-3)10-14(27-13)11-22(2)12-19(23)21-17-8-9-26-18-7-5-4-6-15(17)18/h4-7,10,17H,8-9,11-12H2,1-3H3,(H,21,23). The number of para-hydroxylation sites is 1. The predicted octanol–water partition coefficient (Wildman–Crippen LogP) is 2.45. The van der Waals surface area contributed by atoms with Gasteiger partial charge in [0.05, 0.1) is 32.8 Å². The molecule has 2 heterocycles. The summed E-state index contributed by atoms with van der Waals surface area (Å²) in [7, 11) is 3.16. The lowest BCUT2D eigenvalue weighted by molar-refractivity contribution is -0.123. The minimum Gasteiger partial charge on any atom is -0.493 e. The fourth-order valence-corrected chi connectivity index (χ4v) is 3.23. The van der Waals surface area contributed by atoms with Crippen LogP contribution in [0.15, 0.2) is 34.7 Å². The van der Waals surface area contributed by atoms with Gasteiger partial charge in [-0.05, 0) is 26.1 Å². The summed E-state index contributed by atoms with van der Waals surface area (Å²) in [4.78, 5) is 25.9. The molecule has 2 aromatic rings. The summed E-state index contributed by atoms with van der Waals surface area (Å²) in [5, 5.41) is 3.07. The minimum atomic E-state index is -0.430. The van der Waals surface area contributed by atoms with Gasteiger partial charge < -0.3 is 19.2 Å². The molecule has 1 aliphatic rings. The van der Waals surface area contributed by atoms with Gasteiger partial charge in [-0.15, -0.1) is 0 Å². The van der Waals surface area contributed by atoms with E-state index in [1.807, 2.05) is 36.2 Å². The second kappa shape index (κ2) is 8.26. The highest BCUT2D eigenvalue weighted by molar-refractivity contribution is 5.90. The summed E-state index contributed by atoms with van der Waals surface area (Å²) in [6.07, 6.45) is 0.742. The molecule has 1 N–H and O–H groups in total. The summed E-state index contributed by atoms with van der Waals surface area (Å²) in [5.41, 5.74) is 1.41. The SMILES string of the molecule is COC(=O)c1cc(CN(C)CC(=O)NC2CCOc3ccccc32)oc1C. The van der Waals surface area contributed by atoms with E-state index in [9.17, 15) is 9.59 Å². The molecule has 1 amide bonds. The van der Waals surface area contributed by atoms with Crippen LogP contribution in [-0.2, 0) is 16.1 Å². The molecular formula is C20H24N2O5. The van der Waals surface area contributed by atoms with Crippen LogP contribution in [0.1, 0.15) is 39.9 Å². The molecule has 1 aromatic carbocycles. The molecular weight excluding hydrogens is 348 g/mol. The van der Waals surface area contributed by atoms with Crippen molar-refractivity contribution in [2.75, 3.05) is 27.3 Å². The topological polar surface area (TPSA) is 81.0 Å². The zero-order chi connectivity index (χ0) is 19.4. The Labute approximate surface area is 158 Å². The third-order valence-corrected chi connectivity index (χ3v) is 4.51. The molecule has 0 radical (unpaired) electrons. The number of rotatable bonds is 6. The van der Waals surface area contributed by atoms with E-state index in [1.54, 1.807) is 13.0 Å². The maximum Gasteiger partial charge on any atom is 0.341 e. The molecule has 0 spiro atoms. The third kappa shape index (κ3) is 4.49. The van der Waals surface area contributed by atoms with Crippen molar-refractivity contribution < 1.29 is 23.5 Å². The summed E-state index contributed by atoms with van der Waals surface area (Å²) in [6.45, 7) is 2.92. The Morgan fingerprint density at radius 1 is 1.33 bits per heavy atom. The summed E-state index contributed by atoms with van der Waals surface area (Å²) in [6, 6.07) is 9.36. The first-order valence-electron chi connectivity index (χ1n) is 8.85. The number of hydrogen-bond donors (Lipinski definition) is 1. The fraction of sp³-hybridized carbons (Fsp3) is 0.400. The van der Waals surface area contributed by atoms with Crippen molar-refractivity contribution in [1.29, 1.82) is 0 Å². The Balaban J connectivity index is 1.56. The largest absolute Gasteiger partial charge is 0.493 e. The normalized spacial score (nSPS) is 15.8. The van der Waals surface area contributed by atoms with Gasteiger partial charge in [0.1, 0.15) is 22.8 Å². The van der Waals surface area contributed by atoms with Crippen LogP contribution < -0.4 is 10.1 Å². The van der Waals surface area contributed by atoms with E-state index in [-0.39, 0.29) is 18.5 Å². The monoisotopic (exact) mass is 372 g/mol. The van der Waals surface area contributed by atoms with Crippen molar-refractivity contribution in [3.8, 4) is 5.75 Å². The van der Waals surface area contributed by atoms with Gasteiger partial charge >= 0.3 is 5.97 Å². The Bertz CT molecular complexity index is 830. The van der Waals surface area contributed by atoms with Gasteiger partial charge in [-0.3, -0.25) is 9.69 Å². The minimum absolute atomic E-state index is 0.0485. The molecule has 0 aliphatic carbocycles. The van der Waals surface area contributed by atoms with Gasteiger partial charge in [0, 0.05) is 12.0 Å². The number of carbonyl (C=O) groups excluding carboxylic acids is 2. The molecule has 0 fully saturated rings. The van der Waals surface area contributed by atoms with Crippen LogP contribution >= 0.6 is 0 Å². The van der Waals surface area contributed by atoms with Crippen LogP contribution in [-0.4, -0.2) is 44.1 Å². The first-order chi connectivity index (χ1) is 13.0. The van der Waals surface area contributed by atoms with E-state index in [0.717, 1.165) is 17.7 Å². The van der Waals surface area contributed by atoms with Gasteiger partial charge in [0.15, 0.2) is 0 Å². The molecule has 144 valence electrons. The summed E-state index contributed by atoms with van der Waals surface area (Å²) in [5.74, 6) is 1.44. The number of amides is 1. The highest BCUT2D eigenvalue weighted by atomic mass is 16.5. The lowest BCUT2D eigenvalue weighted by Crippen LogP contribution is -2.38. The van der Waals surface area contributed by atoms with Crippen LogP contribution in [0.4, 0.5) is 0 Å². The van der Waals surface area contributed by atoms with Crippen LogP contribution in [0.2, 0.25) is 0 Å². The summed E-state index contributed by atoms with van der Waals surface area (Å²) >= 11 is 0. The molecule has 7 heteroatoms. The van der Waals surface area contributed by atoms with Crippen LogP contribution in [0, 0.1) is 6.92 Å². The quantitative estimate of drug-likeness (QED) is 0.785. The number of fused-ring (bicyclic) bond motifs is 1. The number of hydrogen-bond acceptors (Lipinski definition) is 6. The molecule has 1 unspecified atom stereocenters. The number of likely N-dealkylation sites (N-methyl/N-ethyl adjacent to an activating group) is 1. The average Bonchev–Trinajstić information content (AvgIpc) is 3.01. The Morgan fingerprint density at radius 3 is 2.89 bits per heavy atom. The molecule has 1 atom stereocenters. The molecule has 0 saturated carbocycles. The Morgan fingerprint density at radius 2 is 2.11 bits per heavy atom. The zero-order valence-electron chi connectivity index (χ0n) is 15.8. The molecule has 3 rings (SSSR count).